The first kappa shape index (κ1) is 17.0. The smallest absolute Gasteiger partial charge is 0.266 e. The van der Waals surface area contributed by atoms with Crippen LogP contribution in [0.25, 0.3) is 21.8 Å². The van der Waals surface area contributed by atoms with Crippen LogP contribution in [0.2, 0.25) is 0 Å². The summed E-state index contributed by atoms with van der Waals surface area (Å²) in [7, 11) is 0. The van der Waals surface area contributed by atoms with Crippen LogP contribution in [-0.4, -0.2) is 50.5 Å². The quantitative estimate of drug-likeness (QED) is 0.510. The zero-order chi connectivity index (χ0) is 20.2. The van der Waals surface area contributed by atoms with Gasteiger partial charge in [0.25, 0.3) is 5.91 Å². The van der Waals surface area contributed by atoms with Crippen LogP contribution < -0.4 is 0 Å². The first-order valence-electron chi connectivity index (χ1n) is 9.98. The molecule has 4 aromatic rings. The number of piperazine rings is 1. The molecule has 0 spiro atoms. The number of para-hydroxylation sites is 2. The maximum Gasteiger partial charge on any atom is 0.266 e. The van der Waals surface area contributed by atoms with Gasteiger partial charge in [-0.15, -0.1) is 0 Å². The standard InChI is InChI=1S/C23H19N5O2/c29-22-13-28(25-11-14-10-24-18-7-3-1-5-15(14)18)23(30)21-9-17-16-6-2-4-8-19(16)26-20(17)12-27(21)22/h1-8,10-11,21,24,26H,9,12-13H2/b25-11-/t21-/m0/s1. The van der Waals surface area contributed by atoms with E-state index >= 15 is 0 Å². The van der Waals surface area contributed by atoms with Gasteiger partial charge < -0.3 is 14.9 Å². The van der Waals surface area contributed by atoms with Gasteiger partial charge in [0.05, 0.1) is 12.8 Å². The van der Waals surface area contributed by atoms with Gasteiger partial charge in [0.15, 0.2) is 0 Å². The molecule has 2 amide bonds. The molecule has 2 N–H and O–H groups in total. The Balaban J connectivity index is 1.32. The Hall–Kier alpha value is -3.87. The second kappa shape index (κ2) is 6.32. The van der Waals surface area contributed by atoms with Crippen molar-refractivity contribution in [1.82, 2.24) is 19.9 Å². The predicted octanol–water partition coefficient (Wildman–Crippen LogP) is 2.78. The summed E-state index contributed by atoms with van der Waals surface area (Å²) in [6.45, 7) is 0.392. The Morgan fingerprint density at radius 1 is 0.967 bits per heavy atom. The summed E-state index contributed by atoms with van der Waals surface area (Å²) in [5, 5.41) is 7.84. The lowest BCUT2D eigenvalue weighted by Gasteiger charge is -2.40. The Labute approximate surface area is 172 Å². The summed E-state index contributed by atoms with van der Waals surface area (Å²) < 4.78 is 0. The second-order valence-electron chi connectivity index (χ2n) is 7.80. The van der Waals surface area contributed by atoms with Gasteiger partial charge in [0.2, 0.25) is 5.91 Å². The number of hydrogen-bond donors (Lipinski definition) is 2. The highest BCUT2D eigenvalue weighted by Gasteiger charge is 2.43. The molecule has 1 atom stereocenters. The molecule has 4 heterocycles. The van der Waals surface area contributed by atoms with Crippen molar-refractivity contribution < 1.29 is 9.59 Å². The largest absolute Gasteiger partial charge is 0.361 e. The molecule has 30 heavy (non-hydrogen) atoms. The molecule has 2 aliphatic heterocycles. The van der Waals surface area contributed by atoms with Gasteiger partial charge in [-0.2, -0.15) is 5.10 Å². The van der Waals surface area contributed by atoms with Crippen LogP contribution in [0, 0.1) is 0 Å². The van der Waals surface area contributed by atoms with Crippen LogP contribution in [0.1, 0.15) is 16.8 Å². The Morgan fingerprint density at radius 3 is 2.60 bits per heavy atom. The van der Waals surface area contributed by atoms with Crippen LogP contribution in [0.15, 0.2) is 59.8 Å². The van der Waals surface area contributed by atoms with E-state index in [9.17, 15) is 9.59 Å². The molecule has 2 aromatic heterocycles. The molecule has 7 nitrogen and oxygen atoms in total. The molecule has 7 heteroatoms. The fourth-order valence-electron chi connectivity index (χ4n) is 4.59. The summed E-state index contributed by atoms with van der Waals surface area (Å²) in [5.41, 5.74) is 5.07. The number of nitrogens with zero attached hydrogens (tertiary/aromatic N) is 3. The van der Waals surface area contributed by atoms with Crippen LogP contribution in [-0.2, 0) is 22.6 Å². The maximum atomic E-state index is 13.2. The van der Waals surface area contributed by atoms with E-state index in [0.29, 0.717) is 13.0 Å². The number of hydrazone groups is 1. The number of benzene rings is 2. The molecule has 0 radical (unpaired) electrons. The number of amides is 2. The van der Waals surface area contributed by atoms with Crippen molar-refractivity contribution in [3.8, 4) is 0 Å². The number of carbonyl (C=O) groups is 2. The zero-order valence-electron chi connectivity index (χ0n) is 16.1. The summed E-state index contributed by atoms with van der Waals surface area (Å²) in [4.78, 5) is 34.3. The third-order valence-corrected chi connectivity index (χ3v) is 6.11. The molecule has 6 rings (SSSR count). The van der Waals surface area contributed by atoms with Crippen molar-refractivity contribution in [2.45, 2.75) is 19.0 Å². The molecule has 2 aliphatic rings. The lowest BCUT2D eigenvalue weighted by molar-refractivity contribution is -0.157. The molecule has 148 valence electrons. The zero-order valence-corrected chi connectivity index (χ0v) is 16.1. The summed E-state index contributed by atoms with van der Waals surface area (Å²) in [5.74, 6) is -0.221. The van der Waals surface area contributed by atoms with Crippen LogP contribution in [0.3, 0.4) is 0 Å². The first-order chi connectivity index (χ1) is 14.7. The third-order valence-electron chi connectivity index (χ3n) is 6.11. The van der Waals surface area contributed by atoms with Gasteiger partial charge in [0, 0.05) is 45.7 Å². The van der Waals surface area contributed by atoms with Crippen molar-refractivity contribution in [3.05, 3.63) is 71.5 Å². The van der Waals surface area contributed by atoms with E-state index in [1.807, 2.05) is 48.7 Å². The van der Waals surface area contributed by atoms with E-state index in [4.69, 9.17) is 0 Å². The topological polar surface area (TPSA) is 84.6 Å². The second-order valence-corrected chi connectivity index (χ2v) is 7.80. The number of rotatable bonds is 2. The molecule has 1 fully saturated rings. The highest BCUT2D eigenvalue weighted by molar-refractivity contribution is 6.01. The van der Waals surface area contributed by atoms with E-state index in [1.165, 1.54) is 5.01 Å². The predicted molar refractivity (Wildman–Crippen MR) is 114 cm³/mol. The van der Waals surface area contributed by atoms with Gasteiger partial charge in [-0.3, -0.25) is 9.59 Å². The number of aromatic amines is 2. The molecular formula is C23H19N5O2. The van der Waals surface area contributed by atoms with Crippen LogP contribution in [0.4, 0.5) is 0 Å². The monoisotopic (exact) mass is 397 g/mol. The molecule has 0 unspecified atom stereocenters. The third kappa shape index (κ3) is 2.48. The fraction of sp³-hybridized carbons (Fsp3) is 0.174. The van der Waals surface area contributed by atoms with Crippen LogP contribution >= 0.6 is 0 Å². The summed E-state index contributed by atoms with van der Waals surface area (Å²) >= 11 is 0. The summed E-state index contributed by atoms with van der Waals surface area (Å²) in [6.07, 6.45) is 4.01. The van der Waals surface area contributed by atoms with E-state index in [-0.39, 0.29) is 18.4 Å². The molecule has 2 aromatic carbocycles. The number of hydrogen-bond acceptors (Lipinski definition) is 3. The van der Waals surface area contributed by atoms with Crippen molar-refractivity contribution in [1.29, 1.82) is 0 Å². The Morgan fingerprint density at radius 2 is 1.73 bits per heavy atom. The van der Waals surface area contributed by atoms with Crippen molar-refractivity contribution in [2.75, 3.05) is 6.54 Å². The molecule has 1 saturated heterocycles. The van der Waals surface area contributed by atoms with Crippen molar-refractivity contribution in [3.63, 3.8) is 0 Å². The highest BCUT2D eigenvalue weighted by Crippen LogP contribution is 2.32. The molecule has 0 saturated carbocycles. The average Bonchev–Trinajstić information content (AvgIpc) is 3.35. The normalized spacial score (nSPS) is 19.1. The van der Waals surface area contributed by atoms with Gasteiger partial charge >= 0.3 is 0 Å². The van der Waals surface area contributed by atoms with E-state index in [2.05, 4.69) is 21.1 Å². The van der Waals surface area contributed by atoms with Crippen molar-refractivity contribution >= 4 is 39.8 Å². The highest BCUT2D eigenvalue weighted by atomic mass is 16.2. The van der Waals surface area contributed by atoms with Crippen molar-refractivity contribution in [2.24, 2.45) is 5.10 Å². The van der Waals surface area contributed by atoms with Gasteiger partial charge in [-0.1, -0.05) is 36.4 Å². The Kier molecular flexibility index (Phi) is 3.59. The van der Waals surface area contributed by atoms with E-state index < -0.39 is 6.04 Å². The van der Waals surface area contributed by atoms with E-state index in [1.54, 1.807) is 11.1 Å². The van der Waals surface area contributed by atoms with Crippen LogP contribution in [0.5, 0.6) is 0 Å². The van der Waals surface area contributed by atoms with Gasteiger partial charge in [-0.05, 0) is 17.7 Å². The number of H-pyrrole nitrogens is 2. The average molecular weight is 397 g/mol. The maximum absolute atomic E-state index is 13.2. The minimum Gasteiger partial charge on any atom is -0.361 e. The SMILES string of the molecule is O=C1[C@@H]2Cc3c([nH]c4ccccc34)CN2C(=O)CN1/N=C\c1c[nH]c2ccccc12. The molecular weight excluding hydrogens is 378 g/mol. The molecule has 0 aliphatic carbocycles. The minimum atomic E-state index is -0.516. The first-order valence-corrected chi connectivity index (χ1v) is 9.98. The number of aromatic nitrogens is 2. The van der Waals surface area contributed by atoms with Gasteiger partial charge in [0.1, 0.15) is 12.6 Å². The Bertz CT molecular complexity index is 1350. The number of carbonyl (C=O) groups excluding carboxylic acids is 2. The minimum absolute atomic E-state index is 0.0379. The number of nitrogens with one attached hydrogen (secondary N) is 2. The fourth-order valence-corrected chi connectivity index (χ4v) is 4.59. The lowest BCUT2D eigenvalue weighted by atomic mass is 9.94. The summed E-state index contributed by atoms with van der Waals surface area (Å²) in [6, 6.07) is 15.4. The van der Waals surface area contributed by atoms with Gasteiger partial charge in [-0.25, -0.2) is 5.01 Å². The van der Waals surface area contributed by atoms with E-state index in [0.717, 1.165) is 38.6 Å². The number of fused-ring (bicyclic) bond motifs is 5. The molecule has 0 bridgehead atoms. The lowest BCUT2D eigenvalue weighted by Crippen LogP contribution is -2.60.